The summed E-state index contributed by atoms with van der Waals surface area (Å²) in [7, 11) is -0.219. The summed E-state index contributed by atoms with van der Waals surface area (Å²) in [5.41, 5.74) is 0. The molecule has 0 aromatic carbocycles. The summed E-state index contributed by atoms with van der Waals surface area (Å²) in [6.45, 7) is 0. The maximum atomic E-state index is 9.82. The molecule has 0 aromatic rings. The third-order valence-electron chi connectivity index (χ3n) is 0.696. The van der Waals surface area contributed by atoms with Gasteiger partial charge in [-0.05, 0) is 0 Å². The van der Waals surface area contributed by atoms with Crippen molar-refractivity contribution in [1.29, 1.82) is 0 Å². The van der Waals surface area contributed by atoms with Crippen molar-refractivity contribution in [3.63, 3.8) is 0 Å². The number of carboxylic acid groups (broad SMARTS) is 1. The van der Waals surface area contributed by atoms with Crippen LogP contribution >= 0.6 is 8.46 Å². The second kappa shape index (κ2) is 4.41. The van der Waals surface area contributed by atoms with E-state index in [4.69, 9.17) is 10.2 Å². The van der Waals surface area contributed by atoms with Crippen molar-refractivity contribution in [3.8, 4) is 0 Å². The molecule has 0 rings (SSSR count). The van der Waals surface area contributed by atoms with Crippen LogP contribution in [0.5, 0.6) is 0 Å². The van der Waals surface area contributed by atoms with Crippen LogP contribution in [0.2, 0.25) is 0 Å². The van der Waals surface area contributed by atoms with Crippen LogP contribution < -0.4 is 0 Å². The Kier molecular flexibility index (Phi) is 4.18. The smallest absolute Gasteiger partial charge is 0.305 e. The van der Waals surface area contributed by atoms with Crippen molar-refractivity contribution in [2.45, 2.75) is 12.5 Å². The van der Waals surface area contributed by atoms with Crippen LogP contribution in [-0.2, 0) is 9.36 Å². The Hall–Kier alpha value is -0.470. The molecule has 0 aromatic heterocycles. The van der Waals surface area contributed by atoms with Gasteiger partial charge in [-0.25, -0.2) is 0 Å². The number of carbonyl (C=O) groups is 1. The molecule has 0 aliphatic heterocycles. The van der Waals surface area contributed by atoms with Crippen LogP contribution in [0, 0.1) is 0 Å². The van der Waals surface area contributed by atoms with E-state index >= 15 is 0 Å². The van der Waals surface area contributed by atoms with Gasteiger partial charge >= 0.3 is 5.97 Å². The van der Waals surface area contributed by atoms with Crippen molar-refractivity contribution < 1.29 is 19.6 Å². The number of rotatable bonds is 4. The number of hydrogen-bond donors (Lipinski definition) is 2. The number of aliphatic carboxylic acids is 1. The van der Waals surface area contributed by atoms with E-state index in [1.165, 1.54) is 0 Å². The minimum atomic E-state index is -1.08. The Morgan fingerprint density at radius 1 is 1.67 bits per heavy atom. The van der Waals surface area contributed by atoms with Crippen molar-refractivity contribution >= 4 is 14.4 Å². The predicted molar refractivity (Wildman–Crippen MR) is 30.7 cm³/mol. The lowest BCUT2D eigenvalue weighted by Crippen LogP contribution is -2.13. The summed E-state index contributed by atoms with van der Waals surface area (Å²) in [4.78, 5) is 9.82. The Bertz CT molecular complexity index is 113. The number of carboxylic acids is 1. The SMILES string of the molecule is O=PCC(O)CC(=O)O. The van der Waals surface area contributed by atoms with Gasteiger partial charge in [-0.2, -0.15) is 0 Å². The topological polar surface area (TPSA) is 74.6 Å². The molecular weight excluding hydrogens is 143 g/mol. The van der Waals surface area contributed by atoms with Gasteiger partial charge in [0.15, 0.2) is 8.46 Å². The number of aliphatic hydroxyl groups excluding tert-OH is 1. The minimum absolute atomic E-state index is 0.00764. The molecule has 0 aliphatic carbocycles. The van der Waals surface area contributed by atoms with E-state index in [-0.39, 0.29) is 21.0 Å². The molecule has 1 unspecified atom stereocenters. The van der Waals surface area contributed by atoms with Crippen LogP contribution in [0.25, 0.3) is 0 Å². The first-order valence-electron chi connectivity index (χ1n) is 2.35. The molecule has 2 N–H and O–H groups in total. The lowest BCUT2D eigenvalue weighted by molar-refractivity contribution is -0.138. The Labute approximate surface area is 53.7 Å². The summed E-state index contributed by atoms with van der Waals surface area (Å²) in [6, 6.07) is 0. The first kappa shape index (κ1) is 8.53. The lowest BCUT2D eigenvalue weighted by atomic mass is 10.3. The van der Waals surface area contributed by atoms with E-state index in [0.29, 0.717) is 0 Å². The highest BCUT2D eigenvalue weighted by atomic mass is 31.1. The Balaban J connectivity index is 3.37. The summed E-state index contributed by atoms with van der Waals surface area (Å²) in [5, 5.41) is 16.7. The van der Waals surface area contributed by atoms with Crippen LogP contribution in [0.3, 0.4) is 0 Å². The molecule has 0 fully saturated rings. The van der Waals surface area contributed by atoms with Gasteiger partial charge in [0.1, 0.15) is 0 Å². The van der Waals surface area contributed by atoms with E-state index in [1.54, 1.807) is 0 Å². The van der Waals surface area contributed by atoms with Crippen LogP contribution in [0.15, 0.2) is 0 Å². The molecule has 4 nitrogen and oxygen atoms in total. The predicted octanol–water partition coefficient (Wildman–Crippen LogP) is 0.114. The first-order valence-corrected chi connectivity index (χ1v) is 3.35. The zero-order valence-electron chi connectivity index (χ0n) is 4.65. The van der Waals surface area contributed by atoms with Gasteiger partial charge in [0.2, 0.25) is 0 Å². The quantitative estimate of drug-likeness (QED) is 0.558. The highest BCUT2D eigenvalue weighted by Gasteiger charge is 2.07. The molecule has 5 heteroatoms. The van der Waals surface area contributed by atoms with Gasteiger partial charge in [-0.3, -0.25) is 9.36 Å². The average Bonchev–Trinajstić information content (AvgIpc) is 1.63. The highest BCUT2D eigenvalue weighted by Crippen LogP contribution is 1.99. The molecule has 0 amide bonds. The van der Waals surface area contributed by atoms with Gasteiger partial charge in [0.05, 0.1) is 18.7 Å². The number of hydrogen-bond acceptors (Lipinski definition) is 3. The van der Waals surface area contributed by atoms with Crippen LogP contribution in [-0.4, -0.2) is 28.4 Å². The fourth-order valence-corrected chi connectivity index (χ4v) is 0.653. The van der Waals surface area contributed by atoms with E-state index in [1.807, 2.05) is 0 Å². The minimum Gasteiger partial charge on any atom is -0.481 e. The third-order valence-corrected chi connectivity index (χ3v) is 1.27. The normalized spacial score (nSPS) is 13.4. The third kappa shape index (κ3) is 5.40. The van der Waals surface area contributed by atoms with E-state index in [2.05, 4.69) is 0 Å². The van der Waals surface area contributed by atoms with Gasteiger partial charge < -0.3 is 10.2 Å². The first-order chi connectivity index (χ1) is 4.16. The van der Waals surface area contributed by atoms with E-state index < -0.39 is 12.1 Å². The van der Waals surface area contributed by atoms with E-state index in [0.717, 1.165) is 0 Å². The molecule has 1 atom stereocenters. The molecular formula is C4H7O4P. The summed E-state index contributed by atoms with van der Waals surface area (Å²) >= 11 is 0. The van der Waals surface area contributed by atoms with Crippen molar-refractivity contribution in [3.05, 3.63) is 0 Å². The molecule has 0 heterocycles. The maximum absolute atomic E-state index is 9.82. The number of aliphatic hydroxyl groups is 1. The summed E-state index contributed by atoms with van der Waals surface area (Å²) in [5.74, 6) is -1.08. The second-order valence-electron chi connectivity index (χ2n) is 1.56. The Morgan fingerprint density at radius 2 is 2.22 bits per heavy atom. The molecule has 0 bridgehead atoms. The largest absolute Gasteiger partial charge is 0.481 e. The van der Waals surface area contributed by atoms with Gasteiger partial charge in [-0.1, -0.05) is 0 Å². The van der Waals surface area contributed by atoms with Crippen LogP contribution in [0.1, 0.15) is 6.42 Å². The molecule has 0 saturated carbocycles. The van der Waals surface area contributed by atoms with Crippen LogP contribution in [0.4, 0.5) is 0 Å². The molecule has 0 radical (unpaired) electrons. The standard InChI is InChI=1S/C4H7O4P/c5-3(2-9-8)1-4(6)7/h3,5H,1-2H2,(H,6,7). The molecule has 0 saturated heterocycles. The van der Waals surface area contributed by atoms with Gasteiger partial charge in [0, 0.05) is 0 Å². The van der Waals surface area contributed by atoms with Crippen molar-refractivity contribution in [2.24, 2.45) is 0 Å². The van der Waals surface area contributed by atoms with Gasteiger partial charge in [-0.15, -0.1) is 0 Å². The second-order valence-corrected chi connectivity index (χ2v) is 2.19. The summed E-state index contributed by atoms with van der Waals surface area (Å²) in [6.07, 6.45) is -1.33. The molecule has 0 aliphatic rings. The summed E-state index contributed by atoms with van der Waals surface area (Å²) < 4.78 is 9.74. The van der Waals surface area contributed by atoms with E-state index in [9.17, 15) is 9.36 Å². The molecule has 9 heavy (non-hydrogen) atoms. The van der Waals surface area contributed by atoms with Crippen molar-refractivity contribution in [2.75, 3.05) is 6.16 Å². The average molecular weight is 150 g/mol. The van der Waals surface area contributed by atoms with Gasteiger partial charge in [0.25, 0.3) is 0 Å². The fraction of sp³-hybridized carbons (Fsp3) is 0.750. The van der Waals surface area contributed by atoms with Crippen molar-refractivity contribution in [1.82, 2.24) is 0 Å². The zero-order valence-corrected chi connectivity index (χ0v) is 5.54. The molecule has 0 spiro atoms. The maximum Gasteiger partial charge on any atom is 0.305 e. The fourth-order valence-electron chi connectivity index (χ4n) is 0.352. The highest BCUT2D eigenvalue weighted by molar-refractivity contribution is 7.23. The lowest BCUT2D eigenvalue weighted by Gasteiger charge is -1.98. The monoisotopic (exact) mass is 150 g/mol. The molecule has 52 valence electrons. The zero-order chi connectivity index (χ0) is 7.28. The Morgan fingerprint density at radius 3 is 2.56 bits per heavy atom.